The van der Waals surface area contributed by atoms with Gasteiger partial charge < -0.3 is 24.7 Å². The Morgan fingerprint density at radius 3 is 2.73 bits per heavy atom. The zero-order valence-electron chi connectivity index (χ0n) is 14.7. The first-order valence-electron chi connectivity index (χ1n) is 7.98. The summed E-state index contributed by atoms with van der Waals surface area (Å²) in [5, 5.41) is 5.32. The molecule has 1 aromatic heterocycles. The van der Waals surface area contributed by atoms with E-state index in [1.165, 1.54) is 30.5 Å². The van der Waals surface area contributed by atoms with Gasteiger partial charge in [-0.25, -0.2) is 0 Å². The van der Waals surface area contributed by atoms with E-state index >= 15 is 0 Å². The van der Waals surface area contributed by atoms with Gasteiger partial charge in [0.25, 0.3) is 5.91 Å². The van der Waals surface area contributed by atoms with Crippen LogP contribution in [0, 0.1) is 0 Å². The van der Waals surface area contributed by atoms with Crippen molar-refractivity contribution in [1.29, 1.82) is 0 Å². The lowest BCUT2D eigenvalue weighted by atomic mass is 10.3. The Balaban J connectivity index is 1.73. The lowest BCUT2D eigenvalue weighted by Gasteiger charge is -2.17. The molecule has 0 unspecified atom stereocenters. The fraction of sp³-hybridized carbons (Fsp3) is 0.278. The van der Waals surface area contributed by atoms with E-state index in [4.69, 9.17) is 9.15 Å². The Morgan fingerprint density at radius 1 is 1.23 bits per heavy atom. The highest BCUT2D eigenvalue weighted by atomic mass is 16.5. The number of likely N-dealkylation sites (N-methyl/N-ethyl adjacent to an activating group) is 1. The molecule has 0 aliphatic carbocycles. The number of anilines is 1. The number of hydrogen-bond acceptors (Lipinski definition) is 5. The van der Waals surface area contributed by atoms with Crippen molar-refractivity contribution in [2.45, 2.75) is 6.42 Å². The second kappa shape index (κ2) is 9.26. The Hall–Kier alpha value is -3.29. The van der Waals surface area contributed by atoms with Crippen LogP contribution in [0.2, 0.25) is 0 Å². The summed E-state index contributed by atoms with van der Waals surface area (Å²) in [6.45, 7) is 0.0798. The SMILES string of the molecule is COc1cccc(NC(=O)CN(C)C(=O)CCNC(=O)c2ccoc2)c1. The predicted molar refractivity (Wildman–Crippen MR) is 94.9 cm³/mol. The molecule has 2 aromatic rings. The smallest absolute Gasteiger partial charge is 0.254 e. The number of nitrogens with one attached hydrogen (secondary N) is 2. The largest absolute Gasteiger partial charge is 0.497 e. The van der Waals surface area contributed by atoms with Crippen LogP contribution in [0.4, 0.5) is 5.69 Å². The Kier molecular flexibility index (Phi) is 6.78. The molecule has 1 aromatic carbocycles. The first kappa shape index (κ1) is 19.0. The molecule has 0 saturated heterocycles. The summed E-state index contributed by atoms with van der Waals surface area (Å²) in [6.07, 6.45) is 2.81. The van der Waals surface area contributed by atoms with Crippen molar-refractivity contribution >= 4 is 23.4 Å². The number of methoxy groups -OCH3 is 1. The third kappa shape index (κ3) is 5.66. The van der Waals surface area contributed by atoms with Crippen LogP contribution < -0.4 is 15.4 Å². The average Bonchev–Trinajstić information content (AvgIpc) is 3.16. The van der Waals surface area contributed by atoms with Gasteiger partial charge in [0, 0.05) is 31.8 Å². The minimum atomic E-state index is -0.323. The number of rotatable bonds is 8. The number of furan rings is 1. The number of hydrogen-bond donors (Lipinski definition) is 2. The van der Waals surface area contributed by atoms with Crippen LogP contribution in [-0.4, -0.2) is 49.9 Å². The molecule has 3 amide bonds. The van der Waals surface area contributed by atoms with Crippen molar-refractivity contribution in [3.8, 4) is 5.75 Å². The maximum atomic E-state index is 12.1. The van der Waals surface area contributed by atoms with Crippen molar-refractivity contribution in [3.05, 3.63) is 48.4 Å². The minimum Gasteiger partial charge on any atom is -0.497 e. The molecule has 2 rings (SSSR count). The van der Waals surface area contributed by atoms with Crippen molar-refractivity contribution in [3.63, 3.8) is 0 Å². The van der Waals surface area contributed by atoms with E-state index in [9.17, 15) is 14.4 Å². The van der Waals surface area contributed by atoms with Gasteiger partial charge >= 0.3 is 0 Å². The lowest BCUT2D eigenvalue weighted by Crippen LogP contribution is -2.37. The number of benzene rings is 1. The van der Waals surface area contributed by atoms with Crippen LogP contribution in [-0.2, 0) is 9.59 Å². The van der Waals surface area contributed by atoms with Crippen molar-refractivity contribution in [1.82, 2.24) is 10.2 Å². The van der Waals surface area contributed by atoms with Crippen LogP contribution >= 0.6 is 0 Å². The molecule has 8 nitrogen and oxygen atoms in total. The molecule has 26 heavy (non-hydrogen) atoms. The summed E-state index contributed by atoms with van der Waals surface area (Å²) in [4.78, 5) is 37.1. The fourth-order valence-electron chi connectivity index (χ4n) is 2.17. The molecule has 0 atom stereocenters. The molecule has 0 fully saturated rings. The molecular formula is C18H21N3O5. The van der Waals surface area contributed by atoms with Crippen LogP contribution in [0.5, 0.6) is 5.75 Å². The number of carbonyl (C=O) groups excluding carboxylic acids is 3. The standard InChI is InChI=1S/C18H21N3O5/c1-21(11-16(22)20-14-4-3-5-15(10-14)25-2)17(23)6-8-19-18(24)13-7-9-26-12-13/h3-5,7,9-10,12H,6,8,11H2,1-2H3,(H,19,24)(H,20,22). The molecule has 138 valence electrons. The molecule has 0 aliphatic rings. The Labute approximate surface area is 151 Å². The predicted octanol–water partition coefficient (Wildman–Crippen LogP) is 1.51. The van der Waals surface area contributed by atoms with E-state index in [-0.39, 0.29) is 37.2 Å². The Morgan fingerprint density at radius 2 is 2.04 bits per heavy atom. The van der Waals surface area contributed by atoms with Gasteiger partial charge in [0.05, 0.1) is 25.5 Å². The number of ether oxygens (including phenoxy) is 1. The minimum absolute atomic E-state index is 0.0898. The van der Waals surface area contributed by atoms with Crippen molar-refractivity contribution in [2.75, 3.05) is 32.6 Å². The second-order valence-electron chi connectivity index (χ2n) is 5.55. The summed E-state index contributed by atoms with van der Waals surface area (Å²) < 4.78 is 9.91. The van der Waals surface area contributed by atoms with Crippen molar-refractivity contribution in [2.24, 2.45) is 0 Å². The summed E-state index contributed by atoms with van der Waals surface area (Å²) in [5.41, 5.74) is 0.978. The van der Waals surface area contributed by atoms with E-state index in [1.54, 1.807) is 31.4 Å². The van der Waals surface area contributed by atoms with Crippen LogP contribution in [0.1, 0.15) is 16.8 Å². The van der Waals surface area contributed by atoms with Gasteiger partial charge in [-0.05, 0) is 18.2 Å². The second-order valence-corrected chi connectivity index (χ2v) is 5.55. The van der Waals surface area contributed by atoms with Crippen molar-refractivity contribution < 1.29 is 23.5 Å². The lowest BCUT2D eigenvalue weighted by molar-refractivity contribution is -0.133. The highest BCUT2D eigenvalue weighted by Gasteiger charge is 2.14. The molecule has 0 radical (unpaired) electrons. The van der Waals surface area contributed by atoms with E-state index in [0.717, 1.165) is 0 Å². The normalized spacial score (nSPS) is 10.1. The van der Waals surface area contributed by atoms with E-state index in [0.29, 0.717) is 17.0 Å². The van der Waals surface area contributed by atoms with E-state index in [2.05, 4.69) is 10.6 Å². The first-order chi connectivity index (χ1) is 12.5. The fourth-order valence-corrected chi connectivity index (χ4v) is 2.17. The first-order valence-corrected chi connectivity index (χ1v) is 7.98. The highest BCUT2D eigenvalue weighted by Crippen LogP contribution is 2.16. The molecule has 0 spiro atoms. The zero-order valence-corrected chi connectivity index (χ0v) is 14.7. The van der Waals surface area contributed by atoms with Gasteiger partial charge in [-0.3, -0.25) is 14.4 Å². The molecular weight excluding hydrogens is 338 g/mol. The molecule has 0 bridgehead atoms. The van der Waals surface area contributed by atoms with E-state index < -0.39 is 0 Å². The number of nitrogens with zero attached hydrogens (tertiary/aromatic N) is 1. The maximum absolute atomic E-state index is 12.1. The number of amides is 3. The molecule has 2 N–H and O–H groups in total. The topological polar surface area (TPSA) is 101 Å². The van der Waals surface area contributed by atoms with Crippen LogP contribution in [0.3, 0.4) is 0 Å². The molecule has 0 saturated carbocycles. The van der Waals surface area contributed by atoms with Gasteiger partial charge in [0.2, 0.25) is 11.8 Å². The summed E-state index contributed by atoms with van der Waals surface area (Å²) >= 11 is 0. The molecule has 1 heterocycles. The van der Waals surface area contributed by atoms with Gasteiger partial charge in [0.1, 0.15) is 12.0 Å². The van der Waals surface area contributed by atoms with E-state index in [1.807, 2.05) is 0 Å². The maximum Gasteiger partial charge on any atom is 0.254 e. The third-order valence-electron chi connectivity index (χ3n) is 3.57. The quantitative estimate of drug-likeness (QED) is 0.744. The molecule has 0 aliphatic heterocycles. The van der Waals surface area contributed by atoms with Gasteiger partial charge in [-0.2, -0.15) is 0 Å². The van der Waals surface area contributed by atoms with Crippen LogP contribution in [0.15, 0.2) is 47.3 Å². The van der Waals surface area contributed by atoms with Gasteiger partial charge in [-0.1, -0.05) is 6.07 Å². The summed E-state index contributed by atoms with van der Waals surface area (Å²) in [7, 11) is 3.07. The van der Waals surface area contributed by atoms with Gasteiger partial charge in [0.15, 0.2) is 0 Å². The van der Waals surface area contributed by atoms with Crippen LogP contribution in [0.25, 0.3) is 0 Å². The average molecular weight is 359 g/mol. The monoisotopic (exact) mass is 359 g/mol. The highest BCUT2D eigenvalue weighted by molar-refractivity contribution is 5.95. The zero-order chi connectivity index (χ0) is 18.9. The summed E-state index contributed by atoms with van der Waals surface area (Å²) in [5.74, 6) is -0.264. The van der Waals surface area contributed by atoms with Gasteiger partial charge in [-0.15, -0.1) is 0 Å². The Bertz CT molecular complexity index is 758. The molecule has 8 heteroatoms. The number of carbonyl (C=O) groups is 3. The summed E-state index contributed by atoms with van der Waals surface area (Å²) in [6, 6.07) is 8.47. The third-order valence-corrected chi connectivity index (χ3v) is 3.57.